The molecule has 1 aliphatic carbocycles. The summed E-state index contributed by atoms with van der Waals surface area (Å²) in [5.41, 5.74) is 0.107. The zero-order valence-corrected chi connectivity index (χ0v) is 15.8. The van der Waals surface area contributed by atoms with E-state index in [1.807, 2.05) is 45.0 Å². The van der Waals surface area contributed by atoms with Crippen LogP contribution in [-0.4, -0.2) is 29.5 Å². The number of carbonyl (C=O) groups is 2. The molecule has 1 saturated carbocycles. The molecule has 2 N–H and O–H groups in total. The van der Waals surface area contributed by atoms with E-state index in [9.17, 15) is 9.59 Å². The fraction of sp³-hybridized carbons (Fsp3) is 0.619. The number of hydrogen-bond donors (Lipinski definition) is 2. The van der Waals surface area contributed by atoms with Crippen molar-refractivity contribution in [1.82, 2.24) is 10.6 Å². The van der Waals surface area contributed by atoms with Crippen LogP contribution in [0.2, 0.25) is 0 Å². The van der Waals surface area contributed by atoms with Gasteiger partial charge in [0.25, 0.3) is 0 Å². The molecule has 2 bridgehead atoms. The lowest BCUT2D eigenvalue weighted by Gasteiger charge is -2.50. The maximum atomic E-state index is 13.2. The molecule has 5 nitrogen and oxygen atoms in total. The van der Waals surface area contributed by atoms with Crippen LogP contribution in [0.3, 0.4) is 0 Å². The second-order valence-electron chi connectivity index (χ2n) is 8.94. The maximum Gasteiger partial charge on any atom is 0.231 e. The summed E-state index contributed by atoms with van der Waals surface area (Å²) in [7, 11) is 0. The molecule has 1 amide bonds. The predicted octanol–water partition coefficient (Wildman–Crippen LogP) is 2.75. The number of benzene rings is 1. The molecule has 4 unspecified atom stereocenters. The van der Waals surface area contributed by atoms with Gasteiger partial charge in [0, 0.05) is 23.8 Å². The summed E-state index contributed by atoms with van der Waals surface area (Å²) in [4.78, 5) is 26.2. The molecule has 4 atom stereocenters. The summed E-state index contributed by atoms with van der Waals surface area (Å²) in [6, 6.07) is 7.91. The third-order valence-electron chi connectivity index (χ3n) is 5.96. The van der Waals surface area contributed by atoms with Gasteiger partial charge in [-0.05, 0) is 45.2 Å². The summed E-state index contributed by atoms with van der Waals surface area (Å²) in [5, 5.41) is 6.46. The number of Topliss-reactive ketones (excluding diaryl/α,β-unsaturated/α-hetero) is 1. The third kappa shape index (κ3) is 2.82. The van der Waals surface area contributed by atoms with E-state index in [0.717, 1.165) is 37.0 Å². The Morgan fingerprint density at radius 1 is 1.27 bits per heavy atom. The summed E-state index contributed by atoms with van der Waals surface area (Å²) >= 11 is 0. The summed E-state index contributed by atoms with van der Waals surface area (Å²) < 4.78 is 6.46. The molecule has 1 aromatic rings. The molecule has 1 saturated heterocycles. The number of fused-ring (bicyclic) bond motifs is 2. The number of para-hydroxylation sites is 1. The average Bonchev–Trinajstić information content (AvgIpc) is 2.66. The van der Waals surface area contributed by atoms with E-state index in [0.29, 0.717) is 0 Å². The molecule has 2 heterocycles. The van der Waals surface area contributed by atoms with Crippen LogP contribution in [0.4, 0.5) is 0 Å². The van der Waals surface area contributed by atoms with Crippen molar-refractivity contribution in [2.24, 2.45) is 11.8 Å². The first-order valence-electron chi connectivity index (χ1n) is 9.68. The van der Waals surface area contributed by atoms with Gasteiger partial charge in [0.1, 0.15) is 11.7 Å². The van der Waals surface area contributed by atoms with Crippen LogP contribution in [-0.2, 0) is 9.59 Å². The molecule has 1 aromatic carbocycles. The zero-order valence-electron chi connectivity index (χ0n) is 15.8. The van der Waals surface area contributed by atoms with Crippen molar-refractivity contribution in [2.75, 3.05) is 6.54 Å². The van der Waals surface area contributed by atoms with Crippen molar-refractivity contribution in [1.29, 1.82) is 0 Å². The minimum absolute atomic E-state index is 0.0363. The predicted molar refractivity (Wildman–Crippen MR) is 98.9 cm³/mol. The molecule has 4 rings (SSSR count). The van der Waals surface area contributed by atoms with E-state index < -0.39 is 11.6 Å². The molecule has 5 heteroatoms. The Labute approximate surface area is 154 Å². The Balaban J connectivity index is 1.83. The van der Waals surface area contributed by atoms with Gasteiger partial charge in [-0.1, -0.05) is 24.6 Å². The number of amides is 1. The Bertz CT molecular complexity index is 739. The standard InChI is InChI=1S/C21H28N2O3/c1-20(2,3)23-19(25)18-15(24)12-22-21-11-7-6-9-14(21)17(18)13-8-4-5-10-16(13)26-21/h4-5,8,10,14,17-18,22H,6-7,9,11-12H2,1-3H3,(H,23,25). The van der Waals surface area contributed by atoms with Crippen molar-refractivity contribution in [3.05, 3.63) is 29.8 Å². The molecular weight excluding hydrogens is 328 g/mol. The lowest BCUT2D eigenvalue weighted by molar-refractivity contribution is -0.136. The highest BCUT2D eigenvalue weighted by atomic mass is 16.5. The molecule has 26 heavy (non-hydrogen) atoms. The van der Waals surface area contributed by atoms with Gasteiger partial charge in [0.2, 0.25) is 5.91 Å². The van der Waals surface area contributed by atoms with Crippen LogP contribution in [0.5, 0.6) is 5.75 Å². The fourth-order valence-electron chi connectivity index (χ4n) is 5.00. The number of hydrogen-bond acceptors (Lipinski definition) is 4. The molecule has 2 aliphatic heterocycles. The van der Waals surface area contributed by atoms with E-state index in [4.69, 9.17) is 4.74 Å². The highest BCUT2D eigenvalue weighted by Crippen LogP contribution is 2.54. The van der Waals surface area contributed by atoms with Crippen molar-refractivity contribution in [2.45, 2.75) is 63.6 Å². The van der Waals surface area contributed by atoms with Gasteiger partial charge < -0.3 is 10.1 Å². The fourth-order valence-corrected chi connectivity index (χ4v) is 5.00. The van der Waals surface area contributed by atoms with Crippen LogP contribution in [0.15, 0.2) is 24.3 Å². The molecule has 0 aromatic heterocycles. The van der Waals surface area contributed by atoms with E-state index in [2.05, 4.69) is 10.6 Å². The smallest absolute Gasteiger partial charge is 0.231 e. The number of rotatable bonds is 1. The first-order chi connectivity index (χ1) is 12.3. The number of carbonyl (C=O) groups excluding carboxylic acids is 2. The van der Waals surface area contributed by atoms with Crippen molar-refractivity contribution < 1.29 is 14.3 Å². The van der Waals surface area contributed by atoms with Gasteiger partial charge in [-0.3, -0.25) is 14.9 Å². The van der Waals surface area contributed by atoms with E-state index in [-0.39, 0.29) is 35.6 Å². The van der Waals surface area contributed by atoms with Crippen molar-refractivity contribution in [3.63, 3.8) is 0 Å². The van der Waals surface area contributed by atoms with Gasteiger partial charge in [0.05, 0.1) is 6.54 Å². The van der Waals surface area contributed by atoms with E-state index >= 15 is 0 Å². The molecule has 3 aliphatic rings. The molecular formula is C21H28N2O3. The van der Waals surface area contributed by atoms with Crippen molar-refractivity contribution in [3.8, 4) is 5.75 Å². The zero-order chi connectivity index (χ0) is 18.5. The minimum atomic E-state index is -0.670. The largest absolute Gasteiger partial charge is 0.472 e. The van der Waals surface area contributed by atoms with Crippen LogP contribution in [0, 0.1) is 11.8 Å². The first kappa shape index (κ1) is 17.5. The molecule has 2 fully saturated rings. The van der Waals surface area contributed by atoms with E-state index in [1.54, 1.807) is 0 Å². The minimum Gasteiger partial charge on any atom is -0.472 e. The number of ether oxygens (including phenoxy) is 1. The quantitative estimate of drug-likeness (QED) is 0.760. The Kier molecular flexibility index (Phi) is 4.10. The monoisotopic (exact) mass is 356 g/mol. The Hall–Kier alpha value is -1.88. The van der Waals surface area contributed by atoms with Gasteiger partial charge in [-0.15, -0.1) is 0 Å². The Morgan fingerprint density at radius 2 is 2.04 bits per heavy atom. The molecule has 0 spiro atoms. The summed E-state index contributed by atoms with van der Waals surface area (Å²) in [6.07, 6.45) is 4.03. The SMILES string of the molecule is CC(C)(C)NC(=O)C1C(=O)CNC23CCCCC2C1c1ccccc1O3. The van der Waals surface area contributed by atoms with Gasteiger partial charge in [0.15, 0.2) is 11.5 Å². The highest BCUT2D eigenvalue weighted by Gasteiger charge is 2.57. The number of ketones is 1. The first-order valence-corrected chi connectivity index (χ1v) is 9.68. The second kappa shape index (κ2) is 6.08. The van der Waals surface area contributed by atoms with Gasteiger partial charge >= 0.3 is 0 Å². The second-order valence-corrected chi connectivity index (χ2v) is 8.94. The highest BCUT2D eigenvalue weighted by molar-refractivity contribution is 6.04. The topological polar surface area (TPSA) is 67.4 Å². The van der Waals surface area contributed by atoms with E-state index in [1.165, 1.54) is 0 Å². The average molecular weight is 356 g/mol. The Morgan fingerprint density at radius 3 is 2.81 bits per heavy atom. The summed E-state index contributed by atoms with van der Waals surface area (Å²) in [5.74, 6) is -0.0558. The van der Waals surface area contributed by atoms with Crippen LogP contribution >= 0.6 is 0 Å². The van der Waals surface area contributed by atoms with Gasteiger partial charge in [-0.2, -0.15) is 0 Å². The van der Waals surface area contributed by atoms with Crippen molar-refractivity contribution >= 4 is 11.7 Å². The maximum absolute atomic E-state index is 13.2. The molecule has 140 valence electrons. The summed E-state index contributed by atoms with van der Waals surface area (Å²) in [6.45, 7) is 6.04. The van der Waals surface area contributed by atoms with Gasteiger partial charge in [-0.25, -0.2) is 0 Å². The number of nitrogens with one attached hydrogen (secondary N) is 2. The molecule has 0 radical (unpaired) electrons. The third-order valence-corrected chi connectivity index (χ3v) is 5.96. The van der Waals surface area contributed by atoms with Crippen LogP contribution in [0.25, 0.3) is 0 Å². The lowest BCUT2D eigenvalue weighted by Crippen LogP contribution is -2.60. The lowest BCUT2D eigenvalue weighted by atomic mass is 9.65. The van der Waals surface area contributed by atoms with Crippen LogP contribution in [0.1, 0.15) is 57.9 Å². The normalized spacial score (nSPS) is 33.3. The van der Waals surface area contributed by atoms with Crippen LogP contribution < -0.4 is 15.4 Å².